The van der Waals surface area contributed by atoms with Gasteiger partial charge in [-0.25, -0.2) is 0 Å². The smallest absolute Gasteiger partial charge is 0.193 e. The van der Waals surface area contributed by atoms with E-state index in [4.69, 9.17) is 4.74 Å². The largest absolute Gasteiger partial charge is 0.492 e. The predicted octanol–water partition coefficient (Wildman–Crippen LogP) is 1.57. The van der Waals surface area contributed by atoms with Gasteiger partial charge in [0.05, 0.1) is 13.1 Å². The Labute approximate surface area is 109 Å². The first kappa shape index (κ1) is 12.7. The summed E-state index contributed by atoms with van der Waals surface area (Å²) in [6.07, 6.45) is 0. The molecule has 1 aromatic rings. The molecule has 1 aliphatic heterocycles. The number of aryl methyl sites for hydroxylation is 2. The maximum atomic E-state index is 5.73. The molecule has 0 saturated carbocycles. The van der Waals surface area contributed by atoms with Crippen LogP contribution in [-0.2, 0) is 0 Å². The van der Waals surface area contributed by atoms with Gasteiger partial charge in [-0.15, -0.1) is 0 Å². The van der Waals surface area contributed by atoms with Gasteiger partial charge in [0.15, 0.2) is 5.96 Å². The van der Waals surface area contributed by atoms with Gasteiger partial charge in [-0.2, -0.15) is 0 Å². The Morgan fingerprint density at radius 2 is 2.00 bits per heavy atom. The molecule has 1 aromatic carbocycles. The van der Waals surface area contributed by atoms with Gasteiger partial charge in [-0.3, -0.25) is 4.99 Å². The minimum absolute atomic E-state index is 0.649. The molecular weight excluding hydrogens is 226 g/mol. The fraction of sp³-hybridized carbons (Fsp3) is 0.500. The van der Waals surface area contributed by atoms with E-state index in [1.165, 1.54) is 11.1 Å². The molecule has 1 aliphatic rings. The van der Waals surface area contributed by atoms with Crippen LogP contribution >= 0.6 is 0 Å². The third kappa shape index (κ3) is 3.39. The number of likely N-dealkylation sites (N-methyl/N-ethyl adjacent to an activating group) is 1. The van der Waals surface area contributed by atoms with Crippen molar-refractivity contribution in [2.45, 2.75) is 13.8 Å². The SMILES string of the molecule is Cc1cc(C)cc(OCCNC2=NCCN2C)c1. The highest BCUT2D eigenvalue weighted by Gasteiger charge is 2.10. The molecule has 0 spiro atoms. The summed E-state index contributed by atoms with van der Waals surface area (Å²) < 4.78 is 5.73. The maximum Gasteiger partial charge on any atom is 0.193 e. The predicted molar refractivity (Wildman–Crippen MR) is 74.3 cm³/mol. The first-order valence-corrected chi connectivity index (χ1v) is 6.36. The second-order valence-corrected chi connectivity index (χ2v) is 4.73. The van der Waals surface area contributed by atoms with Crippen LogP contribution in [0.1, 0.15) is 11.1 Å². The van der Waals surface area contributed by atoms with Gasteiger partial charge in [-0.1, -0.05) is 6.07 Å². The monoisotopic (exact) mass is 247 g/mol. The number of hydrogen-bond donors (Lipinski definition) is 1. The Morgan fingerprint density at radius 3 is 2.61 bits per heavy atom. The Kier molecular flexibility index (Phi) is 4.07. The molecule has 0 aliphatic carbocycles. The molecule has 98 valence electrons. The van der Waals surface area contributed by atoms with Crippen molar-refractivity contribution in [1.29, 1.82) is 0 Å². The molecule has 0 unspecified atom stereocenters. The van der Waals surface area contributed by atoms with Crippen molar-refractivity contribution in [3.63, 3.8) is 0 Å². The van der Waals surface area contributed by atoms with Crippen molar-refractivity contribution in [2.24, 2.45) is 4.99 Å². The minimum atomic E-state index is 0.649. The molecule has 4 nitrogen and oxygen atoms in total. The molecule has 0 bridgehead atoms. The zero-order valence-corrected chi connectivity index (χ0v) is 11.4. The molecular formula is C14H21N3O. The molecule has 0 radical (unpaired) electrons. The Morgan fingerprint density at radius 1 is 1.28 bits per heavy atom. The van der Waals surface area contributed by atoms with E-state index in [0.717, 1.165) is 31.3 Å². The molecule has 0 atom stereocenters. The van der Waals surface area contributed by atoms with Gasteiger partial charge in [0.1, 0.15) is 12.4 Å². The summed E-state index contributed by atoms with van der Waals surface area (Å²) in [6.45, 7) is 7.48. The first-order valence-electron chi connectivity index (χ1n) is 6.36. The van der Waals surface area contributed by atoms with Gasteiger partial charge in [0.25, 0.3) is 0 Å². The molecule has 18 heavy (non-hydrogen) atoms. The van der Waals surface area contributed by atoms with Crippen LogP contribution in [0, 0.1) is 13.8 Å². The highest BCUT2D eigenvalue weighted by atomic mass is 16.5. The number of hydrogen-bond acceptors (Lipinski definition) is 4. The number of ether oxygens (including phenoxy) is 1. The summed E-state index contributed by atoms with van der Waals surface area (Å²) in [5.41, 5.74) is 2.47. The second-order valence-electron chi connectivity index (χ2n) is 4.73. The fourth-order valence-corrected chi connectivity index (χ4v) is 2.07. The molecule has 1 N–H and O–H groups in total. The minimum Gasteiger partial charge on any atom is -0.492 e. The van der Waals surface area contributed by atoms with Crippen LogP contribution in [0.2, 0.25) is 0 Å². The van der Waals surface area contributed by atoms with E-state index in [0.29, 0.717) is 6.61 Å². The molecule has 0 amide bonds. The quantitative estimate of drug-likeness (QED) is 0.821. The van der Waals surface area contributed by atoms with Crippen LogP contribution in [-0.4, -0.2) is 44.1 Å². The normalized spacial score (nSPS) is 14.6. The second kappa shape index (κ2) is 5.76. The average molecular weight is 247 g/mol. The lowest BCUT2D eigenvalue weighted by Gasteiger charge is -2.15. The zero-order valence-electron chi connectivity index (χ0n) is 11.4. The van der Waals surface area contributed by atoms with Crippen LogP contribution < -0.4 is 10.1 Å². The van der Waals surface area contributed by atoms with Crippen LogP contribution in [0.25, 0.3) is 0 Å². The number of guanidine groups is 1. The lowest BCUT2D eigenvalue weighted by Crippen LogP contribution is -2.37. The van der Waals surface area contributed by atoms with Crippen molar-refractivity contribution in [3.05, 3.63) is 29.3 Å². The Bertz CT molecular complexity index is 422. The van der Waals surface area contributed by atoms with Crippen LogP contribution in [0.15, 0.2) is 23.2 Å². The lowest BCUT2D eigenvalue weighted by molar-refractivity contribution is 0.320. The summed E-state index contributed by atoms with van der Waals surface area (Å²) in [4.78, 5) is 6.49. The zero-order chi connectivity index (χ0) is 13.0. The van der Waals surface area contributed by atoms with Crippen molar-refractivity contribution in [1.82, 2.24) is 10.2 Å². The van der Waals surface area contributed by atoms with E-state index >= 15 is 0 Å². The molecule has 0 fully saturated rings. The summed E-state index contributed by atoms with van der Waals surface area (Å²) in [5, 5.41) is 3.28. The van der Waals surface area contributed by atoms with Crippen LogP contribution in [0.3, 0.4) is 0 Å². The summed E-state index contributed by atoms with van der Waals surface area (Å²) in [5.74, 6) is 1.91. The van der Waals surface area contributed by atoms with E-state index in [9.17, 15) is 0 Å². The Balaban J connectivity index is 1.75. The van der Waals surface area contributed by atoms with E-state index in [1.54, 1.807) is 0 Å². The number of nitrogens with zero attached hydrogens (tertiary/aromatic N) is 2. The van der Waals surface area contributed by atoms with Crippen molar-refractivity contribution >= 4 is 5.96 Å². The average Bonchev–Trinajstić information content (AvgIpc) is 2.69. The van der Waals surface area contributed by atoms with Gasteiger partial charge in [0, 0.05) is 13.6 Å². The fourth-order valence-electron chi connectivity index (χ4n) is 2.07. The standard InChI is InChI=1S/C14H21N3O/c1-11-8-12(2)10-13(9-11)18-7-5-16-14-15-4-6-17(14)3/h8-10H,4-7H2,1-3H3,(H,15,16). The molecule has 4 heteroatoms. The molecule has 0 saturated heterocycles. The number of nitrogens with one attached hydrogen (secondary N) is 1. The van der Waals surface area contributed by atoms with E-state index in [-0.39, 0.29) is 0 Å². The van der Waals surface area contributed by atoms with Gasteiger partial charge in [0.2, 0.25) is 0 Å². The highest BCUT2D eigenvalue weighted by Crippen LogP contribution is 2.15. The van der Waals surface area contributed by atoms with E-state index in [1.807, 2.05) is 7.05 Å². The summed E-state index contributed by atoms with van der Waals surface area (Å²) in [6, 6.07) is 6.27. The van der Waals surface area contributed by atoms with Crippen LogP contribution in [0.5, 0.6) is 5.75 Å². The van der Waals surface area contributed by atoms with Gasteiger partial charge >= 0.3 is 0 Å². The Hall–Kier alpha value is -1.71. The summed E-state index contributed by atoms with van der Waals surface area (Å²) in [7, 11) is 2.05. The number of benzene rings is 1. The van der Waals surface area contributed by atoms with Crippen molar-refractivity contribution in [3.8, 4) is 5.75 Å². The molecule has 2 rings (SSSR count). The summed E-state index contributed by atoms with van der Waals surface area (Å²) >= 11 is 0. The topological polar surface area (TPSA) is 36.9 Å². The van der Waals surface area contributed by atoms with E-state index in [2.05, 4.69) is 47.3 Å². The van der Waals surface area contributed by atoms with Crippen molar-refractivity contribution < 1.29 is 4.74 Å². The third-order valence-electron chi connectivity index (χ3n) is 2.91. The van der Waals surface area contributed by atoms with E-state index < -0.39 is 0 Å². The number of rotatable bonds is 4. The van der Waals surface area contributed by atoms with Gasteiger partial charge in [-0.05, 0) is 37.1 Å². The first-order chi connectivity index (χ1) is 8.65. The maximum absolute atomic E-state index is 5.73. The molecule has 1 heterocycles. The highest BCUT2D eigenvalue weighted by molar-refractivity contribution is 5.81. The van der Waals surface area contributed by atoms with Gasteiger partial charge < -0.3 is 15.0 Å². The number of aliphatic imine (C=N–C) groups is 1. The lowest BCUT2D eigenvalue weighted by atomic mass is 10.1. The van der Waals surface area contributed by atoms with Crippen LogP contribution in [0.4, 0.5) is 0 Å². The molecule has 0 aromatic heterocycles. The third-order valence-corrected chi connectivity index (χ3v) is 2.91. The van der Waals surface area contributed by atoms with Crippen molar-refractivity contribution in [2.75, 3.05) is 33.3 Å².